The van der Waals surface area contributed by atoms with Crippen LogP contribution in [-0.4, -0.2) is 38.6 Å². The molecule has 0 aliphatic rings. The number of nitrogens with zero attached hydrogens (tertiary/aromatic N) is 1. The van der Waals surface area contributed by atoms with Crippen molar-refractivity contribution in [2.24, 2.45) is 0 Å². The summed E-state index contributed by atoms with van der Waals surface area (Å²) < 4.78 is 5.15. The molecule has 0 spiro atoms. The van der Waals surface area contributed by atoms with Gasteiger partial charge in [0, 0.05) is 19.1 Å². The molecule has 0 heterocycles. The number of methoxy groups -OCH3 is 1. The van der Waals surface area contributed by atoms with Crippen molar-refractivity contribution in [3.63, 3.8) is 0 Å². The molecule has 4 nitrogen and oxygen atoms in total. The number of ether oxygens (including phenoxy) is 1. The van der Waals surface area contributed by atoms with Crippen molar-refractivity contribution in [3.05, 3.63) is 23.2 Å². The predicted octanol–water partition coefficient (Wildman–Crippen LogP) is 1.85. The van der Waals surface area contributed by atoms with Crippen LogP contribution >= 0.6 is 11.6 Å². The predicted molar refractivity (Wildman–Crippen MR) is 65.2 cm³/mol. The largest absolute Gasteiger partial charge is 0.495 e. The second-order valence-electron chi connectivity index (χ2n) is 3.49. The summed E-state index contributed by atoms with van der Waals surface area (Å²) >= 11 is 5.86. The Morgan fingerprint density at radius 2 is 2.19 bits per heavy atom. The van der Waals surface area contributed by atoms with Crippen LogP contribution in [0.2, 0.25) is 5.02 Å². The van der Waals surface area contributed by atoms with Crippen LogP contribution in [0.5, 0.6) is 5.75 Å². The zero-order valence-corrected chi connectivity index (χ0v) is 10.3. The first-order chi connectivity index (χ1) is 7.54. The molecule has 0 saturated heterocycles. The summed E-state index contributed by atoms with van der Waals surface area (Å²) in [7, 11) is 4.99. The van der Waals surface area contributed by atoms with Gasteiger partial charge in [-0.2, -0.15) is 0 Å². The fourth-order valence-corrected chi connectivity index (χ4v) is 1.32. The maximum atomic E-state index is 11.4. The van der Waals surface area contributed by atoms with Gasteiger partial charge in [-0.1, -0.05) is 11.6 Å². The fourth-order valence-electron chi connectivity index (χ4n) is 1.15. The molecule has 0 radical (unpaired) electrons. The quantitative estimate of drug-likeness (QED) is 0.876. The Labute approximate surface area is 100 Å². The van der Waals surface area contributed by atoms with Crippen molar-refractivity contribution < 1.29 is 9.53 Å². The highest BCUT2D eigenvalue weighted by Gasteiger charge is 2.07. The molecule has 0 aliphatic carbocycles. The number of hydrogen-bond donors (Lipinski definition) is 1. The summed E-state index contributed by atoms with van der Waals surface area (Å²) in [5, 5.41) is 3.58. The molecule has 1 rings (SSSR count). The first-order valence-electron chi connectivity index (χ1n) is 4.82. The van der Waals surface area contributed by atoms with Crippen LogP contribution in [0.1, 0.15) is 0 Å². The lowest BCUT2D eigenvalue weighted by molar-refractivity contribution is -0.126. The molecule has 5 heteroatoms. The summed E-state index contributed by atoms with van der Waals surface area (Å²) in [5.74, 6) is 0.651. The molecular formula is C11H15ClN2O2. The lowest BCUT2D eigenvalue weighted by atomic mass is 10.3. The molecule has 0 fully saturated rings. The number of halogens is 1. The highest BCUT2D eigenvalue weighted by molar-refractivity contribution is 6.30. The first-order valence-corrected chi connectivity index (χ1v) is 5.20. The summed E-state index contributed by atoms with van der Waals surface area (Å²) in [5.41, 5.74) is 0.713. The van der Waals surface area contributed by atoms with E-state index in [1.165, 1.54) is 4.90 Å². The van der Waals surface area contributed by atoms with Crippen LogP contribution in [-0.2, 0) is 4.79 Å². The van der Waals surface area contributed by atoms with Crippen molar-refractivity contribution >= 4 is 23.2 Å². The number of nitrogens with one attached hydrogen (secondary N) is 1. The number of rotatable bonds is 4. The fraction of sp³-hybridized carbons (Fsp3) is 0.364. The minimum Gasteiger partial charge on any atom is -0.495 e. The smallest absolute Gasteiger partial charge is 0.241 e. The summed E-state index contributed by atoms with van der Waals surface area (Å²) in [6, 6.07) is 5.22. The number of hydrogen-bond acceptors (Lipinski definition) is 3. The second kappa shape index (κ2) is 5.61. The van der Waals surface area contributed by atoms with Crippen molar-refractivity contribution in [1.29, 1.82) is 0 Å². The Morgan fingerprint density at radius 1 is 1.50 bits per heavy atom. The molecule has 0 unspecified atom stereocenters. The van der Waals surface area contributed by atoms with Crippen molar-refractivity contribution in [1.82, 2.24) is 4.90 Å². The average molecular weight is 243 g/mol. The van der Waals surface area contributed by atoms with Crippen molar-refractivity contribution in [2.45, 2.75) is 0 Å². The Kier molecular flexibility index (Phi) is 4.43. The number of likely N-dealkylation sites (N-methyl/N-ethyl adjacent to an activating group) is 1. The van der Waals surface area contributed by atoms with E-state index in [0.29, 0.717) is 16.5 Å². The Morgan fingerprint density at radius 3 is 2.75 bits per heavy atom. The number of carbonyl (C=O) groups is 1. The van der Waals surface area contributed by atoms with Gasteiger partial charge in [0.15, 0.2) is 0 Å². The van der Waals surface area contributed by atoms with Crippen LogP contribution < -0.4 is 10.1 Å². The lowest BCUT2D eigenvalue weighted by Crippen LogP contribution is -2.28. The maximum absolute atomic E-state index is 11.4. The summed E-state index contributed by atoms with van der Waals surface area (Å²) in [6.07, 6.45) is 0. The van der Waals surface area contributed by atoms with Gasteiger partial charge in [-0.3, -0.25) is 4.79 Å². The topological polar surface area (TPSA) is 41.6 Å². The van der Waals surface area contributed by atoms with Gasteiger partial charge in [-0.25, -0.2) is 0 Å². The van der Waals surface area contributed by atoms with E-state index in [-0.39, 0.29) is 12.5 Å². The molecule has 16 heavy (non-hydrogen) atoms. The Balaban J connectivity index is 2.72. The molecule has 1 amide bonds. The van der Waals surface area contributed by atoms with Gasteiger partial charge in [0.05, 0.1) is 19.3 Å². The zero-order chi connectivity index (χ0) is 12.1. The van der Waals surface area contributed by atoms with Crippen molar-refractivity contribution in [2.75, 3.05) is 33.1 Å². The molecule has 0 bridgehead atoms. The van der Waals surface area contributed by atoms with Crippen LogP contribution in [0, 0.1) is 0 Å². The number of anilines is 1. The van der Waals surface area contributed by atoms with Crippen LogP contribution in [0.4, 0.5) is 5.69 Å². The molecule has 1 aromatic carbocycles. The average Bonchev–Trinajstić information content (AvgIpc) is 2.25. The number of benzene rings is 1. The van der Waals surface area contributed by atoms with E-state index >= 15 is 0 Å². The third-order valence-corrected chi connectivity index (χ3v) is 2.33. The molecule has 0 aliphatic heterocycles. The SMILES string of the molecule is COc1ccc(Cl)cc1NCC(=O)N(C)C. The van der Waals surface area contributed by atoms with E-state index < -0.39 is 0 Å². The van der Waals surface area contributed by atoms with Gasteiger partial charge in [0.25, 0.3) is 0 Å². The maximum Gasteiger partial charge on any atom is 0.241 e. The van der Waals surface area contributed by atoms with Gasteiger partial charge < -0.3 is 15.0 Å². The van der Waals surface area contributed by atoms with E-state index in [1.54, 1.807) is 39.4 Å². The summed E-state index contributed by atoms with van der Waals surface area (Å²) in [6.45, 7) is 0.212. The highest BCUT2D eigenvalue weighted by atomic mass is 35.5. The second-order valence-corrected chi connectivity index (χ2v) is 3.92. The molecule has 1 N–H and O–H groups in total. The number of carbonyl (C=O) groups excluding carboxylic acids is 1. The van der Waals surface area contributed by atoms with E-state index in [4.69, 9.17) is 16.3 Å². The molecule has 1 aromatic rings. The van der Waals surface area contributed by atoms with Crippen LogP contribution in [0.3, 0.4) is 0 Å². The third-order valence-electron chi connectivity index (χ3n) is 2.09. The standard InChI is InChI=1S/C11H15ClN2O2/c1-14(2)11(15)7-13-9-6-8(12)4-5-10(9)16-3/h4-6,13H,7H2,1-3H3. The van der Waals surface area contributed by atoms with Gasteiger partial charge in [-0.15, -0.1) is 0 Å². The minimum atomic E-state index is -0.0120. The summed E-state index contributed by atoms with van der Waals surface area (Å²) in [4.78, 5) is 12.9. The van der Waals surface area contributed by atoms with E-state index in [0.717, 1.165) is 0 Å². The van der Waals surface area contributed by atoms with Crippen LogP contribution in [0.25, 0.3) is 0 Å². The highest BCUT2D eigenvalue weighted by Crippen LogP contribution is 2.27. The van der Waals surface area contributed by atoms with Gasteiger partial charge in [-0.05, 0) is 18.2 Å². The Hall–Kier alpha value is -1.42. The van der Waals surface area contributed by atoms with E-state index in [2.05, 4.69) is 5.32 Å². The van der Waals surface area contributed by atoms with E-state index in [9.17, 15) is 4.79 Å². The zero-order valence-electron chi connectivity index (χ0n) is 9.58. The van der Waals surface area contributed by atoms with E-state index in [1.807, 2.05) is 0 Å². The van der Waals surface area contributed by atoms with Crippen LogP contribution in [0.15, 0.2) is 18.2 Å². The van der Waals surface area contributed by atoms with Gasteiger partial charge >= 0.3 is 0 Å². The number of amides is 1. The van der Waals surface area contributed by atoms with Crippen molar-refractivity contribution in [3.8, 4) is 5.75 Å². The lowest BCUT2D eigenvalue weighted by Gasteiger charge is -2.14. The molecule has 0 aromatic heterocycles. The van der Waals surface area contributed by atoms with Gasteiger partial charge in [0.2, 0.25) is 5.91 Å². The molecule has 0 atom stereocenters. The minimum absolute atomic E-state index is 0.0120. The normalized spacial score (nSPS) is 9.75. The van der Waals surface area contributed by atoms with Gasteiger partial charge in [0.1, 0.15) is 5.75 Å². The Bertz CT molecular complexity index is 380. The molecular weight excluding hydrogens is 228 g/mol. The molecule has 88 valence electrons. The monoisotopic (exact) mass is 242 g/mol. The third kappa shape index (κ3) is 3.31. The first kappa shape index (κ1) is 12.6. The molecule has 0 saturated carbocycles.